The van der Waals surface area contributed by atoms with E-state index < -0.39 is 30.5 Å². The van der Waals surface area contributed by atoms with Crippen LogP contribution in [0.5, 0.6) is 0 Å². The summed E-state index contributed by atoms with van der Waals surface area (Å²) in [6, 6.07) is -0.613. The van der Waals surface area contributed by atoms with E-state index in [1.54, 1.807) is 0 Å². The molecule has 1 aliphatic carbocycles. The Hall–Kier alpha value is -1.84. The Kier molecular flexibility index (Phi) is 4.18. The quantitative estimate of drug-likeness (QED) is 0.906. The van der Waals surface area contributed by atoms with Crippen LogP contribution in [-0.4, -0.2) is 52.0 Å². The highest BCUT2D eigenvalue weighted by Gasteiger charge is 2.49. The van der Waals surface area contributed by atoms with Crippen molar-refractivity contribution in [2.24, 2.45) is 0 Å². The third-order valence-corrected chi connectivity index (χ3v) is 3.88. The predicted octanol–water partition coefficient (Wildman–Crippen LogP) is 2.20. The summed E-state index contributed by atoms with van der Waals surface area (Å²) < 4.78 is 48.9. The first-order valence-electron chi connectivity index (χ1n) is 7.74. The molecule has 2 fully saturated rings. The summed E-state index contributed by atoms with van der Waals surface area (Å²) in [5, 5.41) is 6.28. The number of carbonyl (C=O) groups is 1. The van der Waals surface area contributed by atoms with Crippen LogP contribution >= 0.6 is 0 Å². The van der Waals surface area contributed by atoms with Crippen molar-refractivity contribution in [3.63, 3.8) is 0 Å². The molecule has 0 bridgehead atoms. The number of nitrogens with one attached hydrogen (secondary N) is 1. The molecule has 0 aromatic carbocycles. The number of carbonyl (C=O) groups excluding carboxylic acids is 1. The number of ether oxygens (including phenoxy) is 1. The fourth-order valence-electron chi connectivity index (χ4n) is 2.61. The van der Waals surface area contributed by atoms with Crippen LogP contribution in [0.3, 0.4) is 0 Å². The lowest BCUT2D eigenvalue weighted by atomic mass is 10.1. The monoisotopic (exact) mass is 348 g/mol. The number of morpholine rings is 1. The molecule has 1 aromatic heterocycles. The maximum absolute atomic E-state index is 12.9. The molecule has 2 aliphatic rings. The molecule has 134 valence electrons. The third kappa shape index (κ3) is 3.97. The van der Waals surface area contributed by atoms with Crippen LogP contribution in [0, 0.1) is 0 Å². The summed E-state index contributed by atoms with van der Waals surface area (Å²) in [6.45, 7) is 2.56. The maximum Gasteiger partial charge on any atom is 0.416 e. The van der Waals surface area contributed by atoms with Gasteiger partial charge in [0.2, 0.25) is 5.89 Å². The van der Waals surface area contributed by atoms with Crippen molar-refractivity contribution in [2.45, 2.75) is 57.0 Å². The van der Waals surface area contributed by atoms with Gasteiger partial charge in [0.25, 0.3) is 0 Å². The zero-order chi connectivity index (χ0) is 17.5. The smallest absolute Gasteiger partial charge is 0.359 e. The number of aromatic nitrogens is 2. The Morgan fingerprint density at radius 1 is 1.42 bits per heavy atom. The molecule has 3 rings (SSSR count). The van der Waals surface area contributed by atoms with E-state index in [1.165, 1.54) is 13.8 Å². The van der Waals surface area contributed by atoms with Gasteiger partial charge in [0.05, 0.1) is 25.2 Å². The van der Waals surface area contributed by atoms with E-state index in [-0.39, 0.29) is 13.1 Å². The number of halogens is 3. The van der Waals surface area contributed by atoms with Crippen molar-refractivity contribution in [3.8, 4) is 0 Å². The average molecular weight is 348 g/mol. The van der Waals surface area contributed by atoms with Crippen molar-refractivity contribution in [2.75, 3.05) is 13.1 Å². The Balaban J connectivity index is 1.58. The van der Waals surface area contributed by atoms with Crippen LogP contribution in [0.1, 0.15) is 44.3 Å². The SMILES string of the molecule is CC1(C)CN(C(=O)NCc2noc(C3CC3)n2)CC(C(F)(F)F)O1. The molecule has 7 nitrogen and oxygen atoms in total. The van der Waals surface area contributed by atoms with Gasteiger partial charge in [-0.1, -0.05) is 5.16 Å². The van der Waals surface area contributed by atoms with E-state index in [9.17, 15) is 18.0 Å². The van der Waals surface area contributed by atoms with Crippen molar-refractivity contribution >= 4 is 6.03 Å². The predicted molar refractivity (Wildman–Crippen MR) is 75.1 cm³/mol. The van der Waals surface area contributed by atoms with Crippen molar-refractivity contribution in [1.29, 1.82) is 0 Å². The fourth-order valence-corrected chi connectivity index (χ4v) is 2.61. The van der Waals surface area contributed by atoms with E-state index >= 15 is 0 Å². The highest BCUT2D eigenvalue weighted by Crippen LogP contribution is 2.38. The van der Waals surface area contributed by atoms with Crippen molar-refractivity contribution < 1.29 is 27.2 Å². The normalized spacial score (nSPS) is 24.0. The molecule has 1 aromatic rings. The lowest BCUT2D eigenvalue weighted by Crippen LogP contribution is -2.60. The van der Waals surface area contributed by atoms with E-state index in [0.29, 0.717) is 17.6 Å². The topological polar surface area (TPSA) is 80.5 Å². The molecule has 2 amide bonds. The number of hydrogen-bond donors (Lipinski definition) is 1. The summed E-state index contributed by atoms with van der Waals surface area (Å²) >= 11 is 0. The van der Waals surface area contributed by atoms with E-state index in [1.807, 2.05) is 0 Å². The third-order valence-electron chi connectivity index (χ3n) is 3.88. The minimum atomic E-state index is -4.52. The Morgan fingerprint density at radius 3 is 2.75 bits per heavy atom. The van der Waals surface area contributed by atoms with E-state index in [4.69, 9.17) is 9.26 Å². The van der Waals surface area contributed by atoms with Crippen LogP contribution in [0.4, 0.5) is 18.0 Å². The second kappa shape index (κ2) is 5.91. The Labute approximate surface area is 136 Å². The second-order valence-electron chi connectivity index (χ2n) is 6.77. The molecule has 1 N–H and O–H groups in total. The average Bonchev–Trinajstić information content (AvgIpc) is 3.21. The van der Waals surface area contributed by atoms with Gasteiger partial charge in [-0.05, 0) is 26.7 Å². The molecule has 1 unspecified atom stereocenters. The molecular weight excluding hydrogens is 329 g/mol. The fraction of sp³-hybridized carbons (Fsp3) is 0.786. The number of rotatable bonds is 3. The van der Waals surface area contributed by atoms with Crippen molar-refractivity contribution in [3.05, 3.63) is 11.7 Å². The zero-order valence-electron chi connectivity index (χ0n) is 13.4. The Bertz CT molecular complexity index is 613. The molecule has 10 heteroatoms. The summed E-state index contributed by atoms with van der Waals surface area (Å²) in [5.74, 6) is 1.16. The molecule has 24 heavy (non-hydrogen) atoms. The number of amides is 2. The number of nitrogens with zero attached hydrogens (tertiary/aromatic N) is 3. The van der Waals surface area contributed by atoms with E-state index in [2.05, 4.69) is 15.5 Å². The van der Waals surface area contributed by atoms with E-state index in [0.717, 1.165) is 17.7 Å². The van der Waals surface area contributed by atoms with Crippen LogP contribution in [0.2, 0.25) is 0 Å². The highest BCUT2D eigenvalue weighted by molar-refractivity contribution is 5.74. The van der Waals surface area contributed by atoms with Gasteiger partial charge in [-0.2, -0.15) is 18.2 Å². The zero-order valence-corrected chi connectivity index (χ0v) is 13.4. The molecule has 1 saturated carbocycles. The van der Waals surface area contributed by atoms with Gasteiger partial charge in [0.1, 0.15) is 0 Å². The molecule has 0 radical (unpaired) electrons. The molecule has 1 aliphatic heterocycles. The largest absolute Gasteiger partial charge is 0.416 e. The minimum absolute atomic E-state index is 0.00350. The first kappa shape index (κ1) is 17.0. The summed E-state index contributed by atoms with van der Waals surface area (Å²) in [7, 11) is 0. The summed E-state index contributed by atoms with van der Waals surface area (Å²) in [6.07, 6.45) is -4.51. The van der Waals surface area contributed by atoms with Gasteiger partial charge < -0.3 is 19.5 Å². The van der Waals surface area contributed by atoms with Gasteiger partial charge in [0, 0.05) is 5.92 Å². The lowest BCUT2D eigenvalue weighted by molar-refractivity contribution is -0.267. The first-order valence-corrected chi connectivity index (χ1v) is 7.74. The van der Waals surface area contributed by atoms with Gasteiger partial charge in [0.15, 0.2) is 11.9 Å². The minimum Gasteiger partial charge on any atom is -0.359 e. The maximum atomic E-state index is 12.9. The molecule has 1 atom stereocenters. The van der Waals surface area contributed by atoms with Crippen LogP contribution < -0.4 is 5.32 Å². The second-order valence-corrected chi connectivity index (χ2v) is 6.77. The number of alkyl halides is 3. The molecule has 1 saturated heterocycles. The standard InChI is InChI=1S/C14H19F3N4O3/c1-13(2)7-21(6-9(23-13)14(15,16)17)12(22)18-5-10-19-11(24-20-10)8-3-4-8/h8-9H,3-7H2,1-2H3,(H,18,22). The highest BCUT2D eigenvalue weighted by atomic mass is 19.4. The van der Waals surface area contributed by atoms with Crippen LogP contribution in [0.25, 0.3) is 0 Å². The molecule has 0 spiro atoms. The van der Waals surface area contributed by atoms with Gasteiger partial charge in [-0.15, -0.1) is 0 Å². The first-order chi connectivity index (χ1) is 11.1. The van der Waals surface area contributed by atoms with Gasteiger partial charge in [-0.25, -0.2) is 4.79 Å². The van der Waals surface area contributed by atoms with Crippen LogP contribution in [0.15, 0.2) is 4.52 Å². The van der Waals surface area contributed by atoms with Gasteiger partial charge >= 0.3 is 12.2 Å². The lowest BCUT2D eigenvalue weighted by Gasteiger charge is -2.43. The summed E-state index contributed by atoms with van der Waals surface area (Å²) in [5.41, 5.74) is -1.08. The molecule has 2 heterocycles. The number of hydrogen-bond acceptors (Lipinski definition) is 5. The Morgan fingerprint density at radius 2 is 2.12 bits per heavy atom. The summed E-state index contributed by atoms with van der Waals surface area (Å²) in [4.78, 5) is 17.4. The molecular formula is C14H19F3N4O3. The van der Waals surface area contributed by atoms with Crippen molar-refractivity contribution in [1.82, 2.24) is 20.4 Å². The van der Waals surface area contributed by atoms with Crippen LogP contribution in [-0.2, 0) is 11.3 Å². The van der Waals surface area contributed by atoms with Gasteiger partial charge in [-0.3, -0.25) is 0 Å². The number of urea groups is 1.